The normalized spacial score (nSPS) is 14.3. The van der Waals surface area contributed by atoms with Crippen LogP contribution in [0.5, 0.6) is 0 Å². The number of thiol groups is 1. The van der Waals surface area contributed by atoms with Crippen LogP contribution in [0.4, 0.5) is 0 Å². The molecule has 14 heavy (non-hydrogen) atoms. The predicted octanol–water partition coefficient (Wildman–Crippen LogP) is 3.96. The Kier molecular flexibility index (Phi) is 8.54. The van der Waals surface area contributed by atoms with Crippen LogP contribution in [-0.4, -0.2) is 17.8 Å². The fourth-order valence-corrected chi connectivity index (χ4v) is 5.84. The zero-order valence-corrected chi connectivity index (χ0v) is 11.5. The Morgan fingerprint density at radius 1 is 1.29 bits per heavy atom. The predicted molar refractivity (Wildman–Crippen MR) is 66.1 cm³/mol. The third kappa shape index (κ3) is 6.36. The van der Waals surface area contributed by atoms with Crippen LogP contribution in [0.1, 0.15) is 33.6 Å². The van der Waals surface area contributed by atoms with Crippen molar-refractivity contribution in [2.45, 2.75) is 38.2 Å². The average molecular weight is 258 g/mol. The van der Waals surface area contributed by atoms with Gasteiger partial charge < -0.3 is 9.05 Å². The van der Waals surface area contributed by atoms with Gasteiger partial charge in [-0.25, -0.2) is 4.57 Å². The van der Waals surface area contributed by atoms with Gasteiger partial charge in [0.2, 0.25) is 0 Å². The highest BCUT2D eigenvalue weighted by Gasteiger charge is 2.27. The summed E-state index contributed by atoms with van der Waals surface area (Å²) in [7, 11) is 0. The maximum absolute atomic E-state index is 12.0. The summed E-state index contributed by atoms with van der Waals surface area (Å²) in [6.07, 6.45) is 1.91. The standard InChI is InChI=1S/C8H19O3PS2/c1-4-7-8(13)14-12(9,10-5-2)11-6-3/h8,13H,4-7H2,1-3H3. The molecule has 0 radical (unpaired) electrons. The largest absolute Gasteiger partial charge is 0.390 e. The molecule has 0 rings (SSSR count). The first-order valence-electron chi connectivity index (χ1n) is 4.83. The molecular formula is C8H19O3PS2. The van der Waals surface area contributed by atoms with Gasteiger partial charge in [0.05, 0.1) is 17.8 Å². The molecular weight excluding hydrogens is 239 g/mol. The van der Waals surface area contributed by atoms with E-state index >= 15 is 0 Å². The molecule has 0 aliphatic heterocycles. The van der Waals surface area contributed by atoms with Gasteiger partial charge in [0.15, 0.2) is 0 Å². The zero-order valence-electron chi connectivity index (χ0n) is 8.93. The first kappa shape index (κ1) is 14.8. The van der Waals surface area contributed by atoms with Gasteiger partial charge >= 0.3 is 6.80 Å². The molecule has 0 aromatic heterocycles. The minimum atomic E-state index is -2.96. The van der Waals surface area contributed by atoms with E-state index in [1.165, 1.54) is 11.4 Å². The molecule has 0 spiro atoms. The van der Waals surface area contributed by atoms with Crippen molar-refractivity contribution < 1.29 is 13.6 Å². The Morgan fingerprint density at radius 3 is 2.14 bits per heavy atom. The fraction of sp³-hybridized carbons (Fsp3) is 1.00. The highest BCUT2D eigenvalue weighted by atomic mass is 32.7. The van der Waals surface area contributed by atoms with E-state index in [1.807, 2.05) is 0 Å². The lowest BCUT2D eigenvalue weighted by Gasteiger charge is -2.18. The van der Waals surface area contributed by atoms with Crippen molar-refractivity contribution in [2.75, 3.05) is 13.2 Å². The van der Waals surface area contributed by atoms with E-state index in [0.717, 1.165) is 12.8 Å². The fourth-order valence-electron chi connectivity index (χ4n) is 0.863. The maximum atomic E-state index is 12.0. The summed E-state index contributed by atoms with van der Waals surface area (Å²) in [6.45, 7) is 3.51. The molecule has 3 nitrogen and oxygen atoms in total. The van der Waals surface area contributed by atoms with Crippen molar-refractivity contribution in [3.05, 3.63) is 0 Å². The molecule has 0 saturated heterocycles. The summed E-state index contributed by atoms with van der Waals surface area (Å²) >= 11 is 5.52. The molecule has 0 amide bonds. The number of hydrogen-bond donors (Lipinski definition) is 1. The van der Waals surface area contributed by atoms with Crippen LogP contribution in [0.2, 0.25) is 0 Å². The molecule has 0 aromatic carbocycles. The van der Waals surface area contributed by atoms with Crippen molar-refractivity contribution >= 4 is 30.8 Å². The molecule has 0 fully saturated rings. The SMILES string of the molecule is CCCC(S)SP(=O)(OCC)OCC. The van der Waals surface area contributed by atoms with Crippen molar-refractivity contribution in [3.63, 3.8) is 0 Å². The lowest BCUT2D eigenvalue weighted by atomic mass is 10.4. The van der Waals surface area contributed by atoms with E-state index in [4.69, 9.17) is 9.05 Å². The average Bonchev–Trinajstić information content (AvgIpc) is 2.04. The summed E-state index contributed by atoms with van der Waals surface area (Å²) in [4.78, 5) is 0. The van der Waals surface area contributed by atoms with Crippen LogP contribution in [0.25, 0.3) is 0 Å². The summed E-state index contributed by atoms with van der Waals surface area (Å²) < 4.78 is 22.3. The van der Waals surface area contributed by atoms with E-state index in [2.05, 4.69) is 19.6 Å². The zero-order chi connectivity index (χ0) is 11.0. The van der Waals surface area contributed by atoms with Gasteiger partial charge in [-0.15, -0.1) is 0 Å². The Balaban J connectivity index is 4.13. The first-order chi connectivity index (χ1) is 6.58. The van der Waals surface area contributed by atoms with Crippen LogP contribution in [0, 0.1) is 0 Å². The third-order valence-corrected chi connectivity index (χ3v) is 6.49. The molecule has 0 bridgehead atoms. The van der Waals surface area contributed by atoms with E-state index in [0.29, 0.717) is 13.2 Å². The lowest BCUT2D eigenvalue weighted by molar-refractivity contribution is 0.237. The maximum Gasteiger partial charge on any atom is 0.390 e. The van der Waals surface area contributed by atoms with E-state index in [-0.39, 0.29) is 4.58 Å². The highest BCUT2D eigenvalue weighted by molar-refractivity contribution is 8.57. The summed E-state index contributed by atoms with van der Waals surface area (Å²) in [6, 6.07) is 0. The minimum Gasteiger partial charge on any atom is -0.301 e. The Hall–Kier alpha value is 0.850. The molecule has 1 atom stereocenters. The Morgan fingerprint density at radius 2 is 1.79 bits per heavy atom. The summed E-state index contributed by atoms with van der Waals surface area (Å²) in [5.74, 6) is 0. The summed E-state index contributed by atoms with van der Waals surface area (Å²) in [5.41, 5.74) is 0. The van der Waals surface area contributed by atoms with Crippen molar-refractivity contribution in [1.29, 1.82) is 0 Å². The second kappa shape index (κ2) is 8.05. The second-order valence-electron chi connectivity index (χ2n) is 2.63. The van der Waals surface area contributed by atoms with Crippen LogP contribution in [0.3, 0.4) is 0 Å². The van der Waals surface area contributed by atoms with Gasteiger partial charge in [-0.2, -0.15) is 12.6 Å². The molecule has 0 N–H and O–H groups in total. The smallest absolute Gasteiger partial charge is 0.301 e. The molecule has 1 unspecified atom stereocenters. The Labute approximate surface area is 96.0 Å². The van der Waals surface area contributed by atoms with E-state index in [1.54, 1.807) is 13.8 Å². The third-order valence-electron chi connectivity index (χ3n) is 1.36. The van der Waals surface area contributed by atoms with Crippen molar-refractivity contribution in [1.82, 2.24) is 0 Å². The van der Waals surface area contributed by atoms with Gasteiger partial charge in [-0.3, -0.25) is 0 Å². The second-order valence-corrected chi connectivity index (χ2v) is 7.77. The molecule has 0 saturated carbocycles. The van der Waals surface area contributed by atoms with Crippen LogP contribution >= 0.6 is 30.8 Å². The molecule has 0 aliphatic carbocycles. The van der Waals surface area contributed by atoms with Crippen molar-refractivity contribution in [3.8, 4) is 0 Å². The van der Waals surface area contributed by atoms with E-state index < -0.39 is 6.80 Å². The van der Waals surface area contributed by atoms with Gasteiger partial charge in [-0.1, -0.05) is 13.3 Å². The van der Waals surface area contributed by atoms with Crippen LogP contribution in [-0.2, 0) is 13.6 Å². The van der Waals surface area contributed by atoms with Gasteiger partial charge in [0.1, 0.15) is 0 Å². The van der Waals surface area contributed by atoms with Gasteiger partial charge in [-0.05, 0) is 31.7 Å². The van der Waals surface area contributed by atoms with Gasteiger partial charge in [0.25, 0.3) is 0 Å². The molecule has 0 aliphatic rings. The number of rotatable bonds is 8. The highest BCUT2D eigenvalue weighted by Crippen LogP contribution is 2.63. The lowest BCUT2D eigenvalue weighted by Crippen LogP contribution is -1.97. The summed E-state index contributed by atoms with van der Waals surface area (Å²) in [5, 5.41) is 0. The van der Waals surface area contributed by atoms with Crippen LogP contribution < -0.4 is 0 Å². The minimum absolute atomic E-state index is 0.0175. The quantitative estimate of drug-likeness (QED) is 0.406. The van der Waals surface area contributed by atoms with Gasteiger partial charge in [0, 0.05) is 0 Å². The van der Waals surface area contributed by atoms with E-state index in [9.17, 15) is 4.57 Å². The molecule has 0 aromatic rings. The monoisotopic (exact) mass is 258 g/mol. The number of hydrogen-bond acceptors (Lipinski definition) is 5. The Bertz CT molecular complexity index is 179. The van der Waals surface area contributed by atoms with Crippen molar-refractivity contribution in [2.24, 2.45) is 0 Å². The van der Waals surface area contributed by atoms with Crippen LogP contribution in [0.15, 0.2) is 0 Å². The molecule has 6 heteroatoms. The topological polar surface area (TPSA) is 35.5 Å². The molecule has 86 valence electrons. The molecule has 0 heterocycles. The first-order valence-corrected chi connectivity index (χ1v) is 8.37.